The molecule has 2 saturated heterocycles. The monoisotopic (exact) mass is 585 g/mol. The van der Waals surface area contributed by atoms with Crippen molar-refractivity contribution in [2.24, 2.45) is 0 Å². The summed E-state index contributed by atoms with van der Waals surface area (Å²) in [6.07, 6.45) is 5.22. The highest BCUT2D eigenvalue weighted by atomic mass is 32.2. The predicted octanol–water partition coefficient (Wildman–Crippen LogP) is 4.45. The molecule has 216 valence electrons. The van der Waals surface area contributed by atoms with E-state index in [0.717, 1.165) is 38.8 Å². The Morgan fingerprint density at radius 2 is 1.85 bits per heavy atom. The number of methoxy groups -OCH3 is 1. The molecule has 5 rings (SSSR count). The van der Waals surface area contributed by atoms with Crippen LogP contribution in [0, 0.1) is 13.8 Å². The lowest BCUT2D eigenvalue weighted by Gasteiger charge is -2.45. The molecular weight excluding hydrogens is 546 g/mol. The molecule has 2 aromatic heterocycles. The van der Waals surface area contributed by atoms with Crippen LogP contribution in [0.15, 0.2) is 46.8 Å². The summed E-state index contributed by atoms with van der Waals surface area (Å²) in [7, 11) is 2.21. The Morgan fingerprint density at radius 3 is 2.48 bits per heavy atom. The Hall–Kier alpha value is -2.73. The molecule has 0 aliphatic carbocycles. The quantitative estimate of drug-likeness (QED) is 0.364. The number of aryl methyl sites for hydroxylation is 2. The smallest absolute Gasteiger partial charge is 0.243 e. The molecule has 0 N–H and O–H groups in total. The van der Waals surface area contributed by atoms with Crippen LogP contribution in [0.25, 0.3) is 0 Å². The standard InChI is InChI=1S/C29H39N5O4S2/c1-21-18-24(37-5)19-22(2)27(21)40(35,36)34-14-6-8-23(34)20-38-26-10-13-30-28(31-26)33-15-11-29(12-16-33,32(3)4)25-9-7-17-39-25/h7,9-10,13,17-19,23H,6,8,11-12,14-16,20H2,1-5H3/t23-/m0/s1. The third-order valence-corrected chi connectivity index (χ3v) is 11.6. The van der Waals surface area contributed by atoms with Crippen molar-refractivity contribution in [2.75, 3.05) is 52.3 Å². The van der Waals surface area contributed by atoms with Gasteiger partial charge in [0.25, 0.3) is 0 Å². The van der Waals surface area contributed by atoms with Crippen LogP contribution in [0.1, 0.15) is 41.7 Å². The number of benzene rings is 1. The number of rotatable bonds is 9. The van der Waals surface area contributed by atoms with Gasteiger partial charge in [0, 0.05) is 36.8 Å². The molecule has 2 fully saturated rings. The molecule has 1 aromatic carbocycles. The van der Waals surface area contributed by atoms with E-state index in [9.17, 15) is 8.42 Å². The minimum absolute atomic E-state index is 0.0246. The number of ether oxygens (including phenoxy) is 2. The molecule has 11 heteroatoms. The Balaban J connectivity index is 1.26. The van der Waals surface area contributed by atoms with Crippen molar-refractivity contribution in [1.82, 2.24) is 19.2 Å². The van der Waals surface area contributed by atoms with E-state index in [-0.39, 0.29) is 18.2 Å². The second-order valence-electron chi connectivity index (χ2n) is 10.9. The van der Waals surface area contributed by atoms with E-state index in [1.165, 1.54) is 4.88 Å². The number of aromatic nitrogens is 2. The number of thiophene rings is 1. The molecule has 0 spiro atoms. The minimum atomic E-state index is -3.69. The number of hydrogen-bond donors (Lipinski definition) is 0. The van der Waals surface area contributed by atoms with Crippen LogP contribution >= 0.6 is 11.3 Å². The number of sulfonamides is 1. The summed E-state index contributed by atoms with van der Waals surface area (Å²) in [5, 5.41) is 2.15. The molecule has 9 nitrogen and oxygen atoms in total. The topological polar surface area (TPSA) is 88.1 Å². The summed E-state index contributed by atoms with van der Waals surface area (Å²) in [5.74, 6) is 1.77. The average Bonchev–Trinajstić information content (AvgIpc) is 3.65. The number of anilines is 1. The summed E-state index contributed by atoms with van der Waals surface area (Å²) < 4.78 is 40.5. The highest BCUT2D eigenvalue weighted by molar-refractivity contribution is 7.89. The minimum Gasteiger partial charge on any atom is -0.497 e. The third-order valence-electron chi connectivity index (χ3n) is 8.31. The van der Waals surface area contributed by atoms with Gasteiger partial charge >= 0.3 is 0 Å². The van der Waals surface area contributed by atoms with Crippen LogP contribution in [0.5, 0.6) is 11.6 Å². The second-order valence-corrected chi connectivity index (χ2v) is 13.7. The fraction of sp³-hybridized carbons (Fsp3) is 0.517. The van der Waals surface area contributed by atoms with Gasteiger partial charge in [-0.2, -0.15) is 9.29 Å². The zero-order valence-electron chi connectivity index (χ0n) is 24.0. The lowest BCUT2D eigenvalue weighted by molar-refractivity contribution is 0.119. The summed E-state index contributed by atoms with van der Waals surface area (Å²) in [6.45, 7) is 6.03. The van der Waals surface area contributed by atoms with E-state index in [0.29, 0.717) is 40.1 Å². The lowest BCUT2D eigenvalue weighted by atomic mass is 9.85. The first-order valence-corrected chi connectivity index (χ1v) is 16.1. The molecular formula is C29H39N5O4S2. The lowest BCUT2D eigenvalue weighted by Crippen LogP contribution is -2.50. The molecule has 0 bridgehead atoms. The average molecular weight is 586 g/mol. The van der Waals surface area contributed by atoms with E-state index < -0.39 is 10.0 Å². The van der Waals surface area contributed by atoms with Gasteiger partial charge in [-0.05, 0) is 88.3 Å². The van der Waals surface area contributed by atoms with E-state index in [4.69, 9.17) is 14.5 Å². The van der Waals surface area contributed by atoms with Gasteiger partial charge in [0.1, 0.15) is 12.4 Å². The summed E-state index contributed by atoms with van der Waals surface area (Å²) in [4.78, 5) is 15.5. The third kappa shape index (κ3) is 5.44. The summed E-state index contributed by atoms with van der Waals surface area (Å²) in [5.41, 5.74) is 1.39. The van der Waals surface area contributed by atoms with Crippen molar-refractivity contribution in [3.8, 4) is 11.6 Å². The first-order valence-electron chi connectivity index (χ1n) is 13.7. The van der Waals surface area contributed by atoms with Crippen LogP contribution in [-0.4, -0.2) is 81.1 Å². The van der Waals surface area contributed by atoms with Gasteiger partial charge in [-0.1, -0.05) is 6.07 Å². The van der Waals surface area contributed by atoms with E-state index >= 15 is 0 Å². The van der Waals surface area contributed by atoms with E-state index in [1.54, 1.807) is 35.8 Å². The van der Waals surface area contributed by atoms with Crippen molar-refractivity contribution < 1.29 is 17.9 Å². The predicted molar refractivity (Wildman–Crippen MR) is 158 cm³/mol. The zero-order valence-corrected chi connectivity index (χ0v) is 25.6. The van der Waals surface area contributed by atoms with Crippen molar-refractivity contribution in [1.29, 1.82) is 0 Å². The normalized spacial score (nSPS) is 19.8. The number of nitrogens with zero attached hydrogens (tertiary/aromatic N) is 5. The van der Waals surface area contributed by atoms with Crippen LogP contribution < -0.4 is 14.4 Å². The molecule has 2 aliphatic rings. The van der Waals surface area contributed by atoms with Crippen LogP contribution in [-0.2, 0) is 15.6 Å². The Labute approximate surface area is 241 Å². The SMILES string of the molecule is COc1cc(C)c(S(=O)(=O)N2CCC[C@H]2COc2ccnc(N3CCC(c4cccs4)(N(C)C)CC3)n2)c(C)c1. The van der Waals surface area contributed by atoms with Crippen LogP contribution in [0.2, 0.25) is 0 Å². The van der Waals surface area contributed by atoms with Crippen LogP contribution in [0.3, 0.4) is 0 Å². The maximum Gasteiger partial charge on any atom is 0.243 e. The van der Waals surface area contributed by atoms with Gasteiger partial charge in [0.2, 0.25) is 21.9 Å². The maximum absolute atomic E-state index is 13.7. The van der Waals surface area contributed by atoms with E-state index in [2.05, 4.69) is 46.4 Å². The van der Waals surface area contributed by atoms with Gasteiger partial charge in [-0.3, -0.25) is 4.90 Å². The zero-order chi connectivity index (χ0) is 28.5. The highest BCUT2D eigenvalue weighted by Gasteiger charge is 2.40. The van der Waals surface area contributed by atoms with Crippen molar-refractivity contribution >= 4 is 27.3 Å². The number of hydrogen-bond acceptors (Lipinski definition) is 9. The van der Waals surface area contributed by atoms with Gasteiger partial charge < -0.3 is 14.4 Å². The molecule has 0 radical (unpaired) electrons. The molecule has 3 aromatic rings. The maximum atomic E-state index is 13.7. The van der Waals surface area contributed by atoms with Crippen molar-refractivity contribution in [2.45, 2.75) is 56.0 Å². The van der Waals surface area contributed by atoms with Crippen molar-refractivity contribution in [3.63, 3.8) is 0 Å². The fourth-order valence-electron chi connectivity index (χ4n) is 6.13. The number of piperidine rings is 1. The molecule has 2 aliphatic heterocycles. The molecule has 4 heterocycles. The highest BCUT2D eigenvalue weighted by Crippen LogP contribution is 2.40. The Morgan fingerprint density at radius 1 is 1.12 bits per heavy atom. The molecule has 0 saturated carbocycles. The second kappa shape index (κ2) is 11.6. The van der Waals surface area contributed by atoms with Gasteiger partial charge in [0.15, 0.2) is 0 Å². The van der Waals surface area contributed by atoms with Crippen molar-refractivity contribution in [3.05, 3.63) is 57.9 Å². The summed E-state index contributed by atoms with van der Waals surface area (Å²) in [6, 6.07) is 9.38. The molecule has 1 atom stereocenters. The fourth-order valence-corrected chi connectivity index (χ4v) is 9.29. The molecule has 0 unspecified atom stereocenters. The first kappa shape index (κ1) is 28.8. The van der Waals surface area contributed by atoms with E-state index in [1.807, 2.05) is 25.2 Å². The van der Waals surface area contributed by atoms with Gasteiger partial charge in [-0.25, -0.2) is 13.4 Å². The van der Waals surface area contributed by atoms with Gasteiger partial charge in [0.05, 0.1) is 23.6 Å². The van der Waals surface area contributed by atoms with Gasteiger partial charge in [-0.15, -0.1) is 11.3 Å². The first-order chi connectivity index (χ1) is 19.2. The Kier molecular flexibility index (Phi) is 8.37. The summed E-state index contributed by atoms with van der Waals surface area (Å²) >= 11 is 1.81. The largest absolute Gasteiger partial charge is 0.497 e. The van der Waals surface area contributed by atoms with Crippen LogP contribution in [0.4, 0.5) is 5.95 Å². The molecule has 0 amide bonds. The Bertz CT molecular complexity index is 1400. The molecule has 40 heavy (non-hydrogen) atoms.